The second kappa shape index (κ2) is 7.89. The Morgan fingerprint density at radius 1 is 1.14 bits per heavy atom. The van der Waals surface area contributed by atoms with Gasteiger partial charge in [0.15, 0.2) is 6.61 Å². The number of hydrogen-bond acceptors (Lipinski definition) is 4. The number of nitrogens with zero attached hydrogens (tertiary/aromatic N) is 1. The van der Waals surface area contributed by atoms with E-state index in [4.69, 9.17) is 9.47 Å². The van der Waals surface area contributed by atoms with Crippen molar-refractivity contribution in [1.29, 1.82) is 0 Å². The molecular formula is C16H18N2O3. The number of nitrogens with one attached hydrogen (secondary N) is 1. The molecule has 110 valence electrons. The van der Waals surface area contributed by atoms with Crippen molar-refractivity contribution in [2.75, 3.05) is 13.2 Å². The molecule has 0 saturated heterocycles. The van der Waals surface area contributed by atoms with Crippen LogP contribution in [0.4, 0.5) is 0 Å². The van der Waals surface area contributed by atoms with Crippen molar-refractivity contribution in [3.8, 4) is 11.5 Å². The van der Waals surface area contributed by atoms with Gasteiger partial charge in [-0.3, -0.25) is 9.78 Å². The summed E-state index contributed by atoms with van der Waals surface area (Å²) in [6.07, 6.45) is 1.69. The SMILES string of the molecule is CCOc1cccc(OCC(=O)NCc2ccccn2)c1. The highest BCUT2D eigenvalue weighted by atomic mass is 16.5. The quantitative estimate of drug-likeness (QED) is 0.847. The minimum Gasteiger partial charge on any atom is -0.494 e. The molecule has 0 atom stereocenters. The van der Waals surface area contributed by atoms with E-state index in [1.807, 2.05) is 37.3 Å². The Hall–Kier alpha value is -2.56. The van der Waals surface area contributed by atoms with Gasteiger partial charge in [0.2, 0.25) is 0 Å². The van der Waals surface area contributed by atoms with E-state index in [1.165, 1.54) is 0 Å². The minimum absolute atomic E-state index is 0.0393. The first-order valence-corrected chi connectivity index (χ1v) is 6.80. The van der Waals surface area contributed by atoms with Crippen LogP contribution < -0.4 is 14.8 Å². The van der Waals surface area contributed by atoms with Crippen molar-refractivity contribution < 1.29 is 14.3 Å². The Morgan fingerprint density at radius 2 is 1.95 bits per heavy atom. The number of benzene rings is 1. The second-order valence-corrected chi connectivity index (χ2v) is 4.29. The molecule has 2 rings (SSSR count). The molecule has 0 aliphatic rings. The molecule has 0 spiro atoms. The smallest absolute Gasteiger partial charge is 0.258 e. The van der Waals surface area contributed by atoms with Gasteiger partial charge in [-0.05, 0) is 31.2 Å². The van der Waals surface area contributed by atoms with Gasteiger partial charge >= 0.3 is 0 Å². The molecule has 1 aromatic heterocycles. The maximum atomic E-state index is 11.7. The maximum absolute atomic E-state index is 11.7. The van der Waals surface area contributed by atoms with Crippen LogP contribution in [-0.4, -0.2) is 24.1 Å². The molecule has 21 heavy (non-hydrogen) atoms. The minimum atomic E-state index is -0.192. The standard InChI is InChI=1S/C16H18N2O3/c1-2-20-14-7-5-8-15(10-14)21-12-16(19)18-11-13-6-3-4-9-17-13/h3-10H,2,11-12H2,1H3,(H,18,19). The molecular weight excluding hydrogens is 268 g/mol. The molecule has 1 heterocycles. The Bertz CT molecular complexity index is 573. The van der Waals surface area contributed by atoms with Crippen LogP contribution in [0.1, 0.15) is 12.6 Å². The number of hydrogen-bond donors (Lipinski definition) is 1. The van der Waals surface area contributed by atoms with Crippen LogP contribution in [0.3, 0.4) is 0 Å². The summed E-state index contributed by atoms with van der Waals surface area (Å²) in [5.41, 5.74) is 0.809. The Labute approximate surface area is 123 Å². The number of carbonyl (C=O) groups is 1. The van der Waals surface area contributed by atoms with Crippen molar-refractivity contribution in [1.82, 2.24) is 10.3 Å². The fourth-order valence-corrected chi connectivity index (χ4v) is 1.71. The zero-order valence-electron chi connectivity index (χ0n) is 11.9. The van der Waals surface area contributed by atoms with E-state index < -0.39 is 0 Å². The molecule has 0 fully saturated rings. The van der Waals surface area contributed by atoms with Crippen LogP contribution in [0.5, 0.6) is 11.5 Å². The molecule has 5 heteroatoms. The van der Waals surface area contributed by atoms with Crippen LogP contribution in [0.15, 0.2) is 48.7 Å². The van der Waals surface area contributed by atoms with Gasteiger partial charge in [0.25, 0.3) is 5.91 Å². The highest BCUT2D eigenvalue weighted by molar-refractivity contribution is 5.77. The summed E-state index contributed by atoms with van der Waals surface area (Å²) in [6, 6.07) is 12.8. The number of amides is 1. The third-order valence-electron chi connectivity index (χ3n) is 2.68. The Morgan fingerprint density at radius 3 is 2.67 bits per heavy atom. The fraction of sp³-hybridized carbons (Fsp3) is 0.250. The zero-order chi connectivity index (χ0) is 14.9. The summed E-state index contributed by atoms with van der Waals surface area (Å²) in [7, 11) is 0. The van der Waals surface area contributed by atoms with Crippen molar-refractivity contribution in [3.05, 3.63) is 54.4 Å². The van der Waals surface area contributed by atoms with E-state index in [2.05, 4.69) is 10.3 Å². The highest BCUT2D eigenvalue weighted by Gasteiger charge is 2.04. The average molecular weight is 286 g/mol. The summed E-state index contributed by atoms with van der Waals surface area (Å²) in [5, 5.41) is 2.75. The summed E-state index contributed by atoms with van der Waals surface area (Å²) in [5.74, 6) is 1.14. The largest absolute Gasteiger partial charge is 0.494 e. The van der Waals surface area contributed by atoms with Gasteiger partial charge < -0.3 is 14.8 Å². The second-order valence-electron chi connectivity index (χ2n) is 4.29. The Balaban J connectivity index is 1.77. The molecule has 2 aromatic rings. The van der Waals surface area contributed by atoms with E-state index in [-0.39, 0.29) is 12.5 Å². The number of ether oxygens (including phenoxy) is 2. The third kappa shape index (κ3) is 5.14. The van der Waals surface area contributed by atoms with Crippen molar-refractivity contribution >= 4 is 5.91 Å². The van der Waals surface area contributed by atoms with Crippen LogP contribution >= 0.6 is 0 Å². The van der Waals surface area contributed by atoms with Crippen molar-refractivity contribution in [2.24, 2.45) is 0 Å². The molecule has 0 radical (unpaired) electrons. The first kappa shape index (κ1) is 14.8. The zero-order valence-corrected chi connectivity index (χ0v) is 11.9. The predicted octanol–water partition coefficient (Wildman–Crippen LogP) is 2.18. The van der Waals surface area contributed by atoms with Gasteiger partial charge in [0.1, 0.15) is 11.5 Å². The molecule has 0 aliphatic carbocycles. The Kier molecular flexibility index (Phi) is 5.58. The van der Waals surface area contributed by atoms with E-state index in [9.17, 15) is 4.79 Å². The van der Waals surface area contributed by atoms with E-state index >= 15 is 0 Å². The van der Waals surface area contributed by atoms with Gasteiger partial charge in [-0.15, -0.1) is 0 Å². The summed E-state index contributed by atoms with van der Waals surface area (Å²) in [4.78, 5) is 15.8. The van der Waals surface area contributed by atoms with Gasteiger partial charge in [0, 0.05) is 12.3 Å². The van der Waals surface area contributed by atoms with E-state index in [0.717, 1.165) is 11.4 Å². The maximum Gasteiger partial charge on any atom is 0.258 e. The van der Waals surface area contributed by atoms with Gasteiger partial charge in [-0.2, -0.15) is 0 Å². The van der Waals surface area contributed by atoms with E-state index in [1.54, 1.807) is 18.3 Å². The van der Waals surface area contributed by atoms with Crippen LogP contribution in [-0.2, 0) is 11.3 Å². The third-order valence-corrected chi connectivity index (χ3v) is 2.68. The van der Waals surface area contributed by atoms with Gasteiger partial charge in [0.05, 0.1) is 18.8 Å². The molecule has 1 N–H and O–H groups in total. The fourth-order valence-electron chi connectivity index (χ4n) is 1.71. The topological polar surface area (TPSA) is 60.5 Å². The summed E-state index contributed by atoms with van der Waals surface area (Å²) in [6.45, 7) is 2.86. The lowest BCUT2D eigenvalue weighted by atomic mass is 10.3. The summed E-state index contributed by atoms with van der Waals surface area (Å²) < 4.78 is 10.8. The van der Waals surface area contributed by atoms with Gasteiger partial charge in [-0.1, -0.05) is 12.1 Å². The number of rotatable bonds is 7. The average Bonchev–Trinajstić information content (AvgIpc) is 2.53. The van der Waals surface area contributed by atoms with Crippen LogP contribution in [0, 0.1) is 0 Å². The number of pyridine rings is 1. The van der Waals surface area contributed by atoms with Crippen LogP contribution in [0.2, 0.25) is 0 Å². The normalized spacial score (nSPS) is 9.95. The molecule has 5 nitrogen and oxygen atoms in total. The lowest BCUT2D eigenvalue weighted by Crippen LogP contribution is -2.28. The molecule has 0 aliphatic heterocycles. The van der Waals surface area contributed by atoms with Crippen molar-refractivity contribution in [3.63, 3.8) is 0 Å². The van der Waals surface area contributed by atoms with Crippen molar-refractivity contribution in [2.45, 2.75) is 13.5 Å². The van der Waals surface area contributed by atoms with Crippen LogP contribution in [0.25, 0.3) is 0 Å². The monoisotopic (exact) mass is 286 g/mol. The van der Waals surface area contributed by atoms with E-state index in [0.29, 0.717) is 18.9 Å². The molecule has 0 bridgehead atoms. The predicted molar refractivity (Wildman–Crippen MR) is 79.2 cm³/mol. The molecule has 0 saturated carbocycles. The number of aromatic nitrogens is 1. The first-order valence-electron chi connectivity index (χ1n) is 6.80. The number of carbonyl (C=O) groups excluding carboxylic acids is 1. The molecule has 1 aromatic carbocycles. The van der Waals surface area contributed by atoms with Gasteiger partial charge in [-0.25, -0.2) is 0 Å². The lowest BCUT2D eigenvalue weighted by Gasteiger charge is -2.09. The molecule has 0 unspecified atom stereocenters. The highest BCUT2D eigenvalue weighted by Crippen LogP contribution is 2.19. The first-order chi connectivity index (χ1) is 10.3. The summed E-state index contributed by atoms with van der Waals surface area (Å²) >= 11 is 0. The lowest BCUT2D eigenvalue weighted by molar-refractivity contribution is -0.123. The molecule has 1 amide bonds.